The molecule has 240 valence electrons. The van der Waals surface area contributed by atoms with Crippen LogP contribution in [0.1, 0.15) is 77.3 Å². The number of hydrogen-bond donors (Lipinski definition) is 1. The Morgan fingerprint density at radius 3 is 2.46 bits per heavy atom. The summed E-state index contributed by atoms with van der Waals surface area (Å²) in [6.07, 6.45) is 15.3. The van der Waals surface area contributed by atoms with Gasteiger partial charge in [0.2, 0.25) is 5.91 Å². The van der Waals surface area contributed by atoms with Gasteiger partial charge in [0.1, 0.15) is 11.9 Å². The molecule has 1 N–H and O–H groups in total. The molecule has 4 aromatic rings. The standard InChI is InChI=1S/C35H42N8O3/c1-23(2)40-34(45)35(3)11-13-41(14-12-35)31-10-7-25(18-37-31)30-16-26(21-43-33(30)27(17-36)19-39-43)28-20-38-42(22-28)29-8-5-24(6-9-29)15-32(44)46-4/h7,10,16,18-24,29H,5-6,8-9,11-15H2,1-4H3,(H,40,45)/t24-,29-. The van der Waals surface area contributed by atoms with Crippen LogP contribution in [-0.4, -0.2) is 62.5 Å². The van der Waals surface area contributed by atoms with Crippen molar-refractivity contribution in [3.8, 4) is 28.3 Å². The number of aromatic nitrogens is 5. The fourth-order valence-electron chi connectivity index (χ4n) is 6.83. The molecule has 1 saturated heterocycles. The van der Waals surface area contributed by atoms with Crippen LogP contribution < -0.4 is 10.2 Å². The highest BCUT2D eigenvalue weighted by molar-refractivity contribution is 5.87. The molecule has 0 spiro atoms. The molecule has 0 radical (unpaired) electrons. The lowest BCUT2D eigenvalue weighted by Gasteiger charge is -2.39. The smallest absolute Gasteiger partial charge is 0.305 e. The minimum Gasteiger partial charge on any atom is -0.469 e. The number of ether oxygens (including phenoxy) is 1. The number of nitrogens with zero attached hydrogens (tertiary/aromatic N) is 7. The van der Waals surface area contributed by atoms with Crippen molar-refractivity contribution >= 4 is 23.2 Å². The summed E-state index contributed by atoms with van der Waals surface area (Å²) >= 11 is 0. The van der Waals surface area contributed by atoms with Gasteiger partial charge in [0, 0.05) is 71.8 Å². The van der Waals surface area contributed by atoms with E-state index in [1.165, 1.54) is 7.11 Å². The number of esters is 1. The summed E-state index contributed by atoms with van der Waals surface area (Å²) in [5, 5.41) is 22.2. The van der Waals surface area contributed by atoms with Crippen molar-refractivity contribution in [3.05, 3.63) is 54.7 Å². The third-order valence-corrected chi connectivity index (χ3v) is 9.76. The van der Waals surface area contributed by atoms with E-state index in [4.69, 9.17) is 14.8 Å². The molecular formula is C35H42N8O3. The largest absolute Gasteiger partial charge is 0.469 e. The van der Waals surface area contributed by atoms with Gasteiger partial charge in [0.05, 0.1) is 36.6 Å². The molecule has 2 fully saturated rings. The Morgan fingerprint density at radius 1 is 1.04 bits per heavy atom. The molecule has 11 heteroatoms. The van der Waals surface area contributed by atoms with Crippen molar-refractivity contribution < 1.29 is 14.3 Å². The summed E-state index contributed by atoms with van der Waals surface area (Å²) in [6.45, 7) is 7.55. The van der Waals surface area contributed by atoms with Crippen LogP contribution in [0.5, 0.6) is 0 Å². The first-order valence-corrected chi connectivity index (χ1v) is 16.2. The molecule has 0 aromatic carbocycles. The summed E-state index contributed by atoms with van der Waals surface area (Å²) in [4.78, 5) is 31.6. The number of piperidine rings is 1. The van der Waals surface area contributed by atoms with E-state index in [0.717, 1.165) is 85.2 Å². The molecule has 6 rings (SSSR count). The van der Waals surface area contributed by atoms with Crippen molar-refractivity contribution in [1.82, 2.24) is 29.7 Å². The third kappa shape index (κ3) is 6.34. The first-order chi connectivity index (χ1) is 22.2. The number of rotatable bonds is 8. The Labute approximate surface area is 269 Å². The lowest BCUT2D eigenvalue weighted by atomic mass is 9.79. The monoisotopic (exact) mass is 622 g/mol. The fraction of sp³-hybridized carbons (Fsp3) is 0.486. The lowest BCUT2D eigenvalue weighted by Crippen LogP contribution is -2.49. The number of nitriles is 1. The van der Waals surface area contributed by atoms with Gasteiger partial charge in [-0.15, -0.1) is 0 Å². The van der Waals surface area contributed by atoms with Crippen LogP contribution in [0.15, 0.2) is 49.2 Å². The first kappa shape index (κ1) is 31.3. The van der Waals surface area contributed by atoms with E-state index in [9.17, 15) is 14.9 Å². The maximum absolute atomic E-state index is 12.8. The zero-order valence-corrected chi connectivity index (χ0v) is 27.1. The van der Waals surface area contributed by atoms with Crippen molar-refractivity contribution in [2.24, 2.45) is 11.3 Å². The van der Waals surface area contributed by atoms with Crippen molar-refractivity contribution in [1.29, 1.82) is 5.26 Å². The first-order valence-electron chi connectivity index (χ1n) is 16.2. The molecule has 2 aliphatic rings. The number of amides is 1. The van der Waals surface area contributed by atoms with Crippen molar-refractivity contribution in [2.45, 2.75) is 77.8 Å². The topological polar surface area (TPSA) is 130 Å². The van der Waals surface area contributed by atoms with Gasteiger partial charge in [-0.2, -0.15) is 15.5 Å². The number of fused-ring (bicyclic) bond motifs is 1. The maximum atomic E-state index is 12.8. The fourth-order valence-corrected chi connectivity index (χ4v) is 6.83. The summed E-state index contributed by atoms with van der Waals surface area (Å²) < 4.78 is 8.66. The van der Waals surface area contributed by atoms with Gasteiger partial charge in [0.15, 0.2) is 0 Å². The highest BCUT2D eigenvalue weighted by Gasteiger charge is 2.37. The van der Waals surface area contributed by atoms with Crippen LogP contribution in [0.2, 0.25) is 0 Å². The molecule has 11 nitrogen and oxygen atoms in total. The summed E-state index contributed by atoms with van der Waals surface area (Å²) in [6, 6.07) is 8.85. The highest BCUT2D eigenvalue weighted by Crippen LogP contribution is 2.37. The van der Waals surface area contributed by atoms with E-state index in [2.05, 4.69) is 40.6 Å². The number of pyridine rings is 2. The number of carbonyl (C=O) groups is 2. The normalized spacial score (nSPS) is 19.6. The Balaban J connectivity index is 1.21. The van der Waals surface area contributed by atoms with E-state index in [-0.39, 0.29) is 29.4 Å². The molecule has 0 bridgehead atoms. The molecule has 4 aromatic heterocycles. The minimum absolute atomic E-state index is 0.122. The van der Waals surface area contributed by atoms with Gasteiger partial charge in [0.25, 0.3) is 0 Å². The van der Waals surface area contributed by atoms with Gasteiger partial charge < -0.3 is 15.0 Å². The Morgan fingerprint density at radius 2 is 1.80 bits per heavy atom. The Hall–Kier alpha value is -4.72. The van der Waals surface area contributed by atoms with Crippen LogP contribution in [-0.2, 0) is 14.3 Å². The molecular weight excluding hydrogens is 580 g/mol. The third-order valence-electron chi connectivity index (χ3n) is 9.76. The van der Waals surface area contributed by atoms with Crippen molar-refractivity contribution in [2.75, 3.05) is 25.1 Å². The second-order valence-electron chi connectivity index (χ2n) is 13.4. The van der Waals surface area contributed by atoms with E-state index < -0.39 is 0 Å². The second-order valence-corrected chi connectivity index (χ2v) is 13.4. The number of carbonyl (C=O) groups excluding carboxylic acids is 2. The second kappa shape index (κ2) is 12.9. The average Bonchev–Trinajstić information content (AvgIpc) is 3.73. The Kier molecular flexibility index (Phi) is 8.80. The lowest BCUT2D eigenvalue weighted by molar-refractivity contribution is -0.142. The number of methoxy groups -OCH3 is 1. The minimum atomic E-state index is -0.375. The van der Waals surface area contributed by atoms with Crippen LogP contribution >= 0.6 is 0 Å². The van der Waals surface area contributed by atoms with Gasteiger partial charge in [-0.05, 0) is 76.5 Å². The van der Waals surface area contributed by atoms with Gasteiger partial charge >= 0.3 is 5.97 Å². The van der Waals surface area contributed by atoms with E-state index in [1.807, 2.05) is 49.3 Å². The Bertz CT molecular complexity index is 1750. The van der Waals surface area contributed by atoms with E-state index in [0.29, 0.717) is 17.9 Å². The molecule has 1 aliphatic carbocycles. The maximum Gasteiger partial charge on any atom is 0.305 e. The highest BCUT2D eigenvalue weighted by atomic mass is 16.5. The predicted molar refractivity (Wildman–Crippen MR) is 175 cm³/mol. The van der Waals surface area contributed by atoms with Crippen LogP contribution in [0.4, 0.5) is 5.82 Å². The number of nitrogens with one attached hydrogen (secondary N) is 1. The molecule has 0 unspecified atom stereocenters. The zero-order chi connectivity index (χ0) is 32.4. The van der Waals surface area contributed by atoms with Crippen LogP contribution in [0.25, 0.3) is 27.8 Å². The van der Waals surface area contributed by atoms with E-state index >= 15 is 0 Å². The molecule has 0 atom stereocenters. The molecule has 5 heterocycles. The van der Waals surface area contributed by atoms with E-state index in [1.54, 1.807) is 10.7 Å². The SMILES string of the molecule is COC(=O)C[C@H]1CC[C@H](n2cc(-c3cc(-c4ccc(N5CCC(C)(C(=O)NC(C)C)CC5)nc4)c4c(C#N)cnn4c3)cn2)CC1. The quantitative estimate of drug-likeness (QED) is 0.253. The molecule has 1 amide bonds. The summed E-state index contributed by atoms with van der Waals surface area (Å²) in [5.41, 5.74) is 4.54. The van der Waals surface area contributed by atoms with Crippen molar-refractivity contribution in [3.63, 3.8) is 0 Å². The zero-order valence-electron chi connectivity index (χ0n) is 27.1. The van der Waals surface area contributed by atoms with Crippen LogP contribution in [0, 0.1) is 22.7 Å². The summed E-state index contributed by atoms with van der Waals surface area (Å²) in [5.74, 6) is 1.22. The molecule has 46 heavy (non-hydrogen) atoms. The number of anilines is 1. The van der Waals surface area contributed by atoms with Gasteiger partial charge in [-0.25, -0.2) is 9.50 Å². The van der Waals surface area contributed by atoms with Gasteiger partial charge in [-0.3, -0.25) is 14.3 Å². The van der Waals surface area contributed by atoms with Crippen LogP contribution in [0.3, 0.4) is 0 Å². The average molecular weight is 623 g/mol. The summed E-state index contributed by atoms with van der Waals surface area (Å²) in [7, 11) is 1.44. The molecule has 1 saturated carbocycles. The number of hydrogen-bond acceptors (Lipinski definition) is 8. The van der Waals surface area contributed by atoms with Gasteiger partial charge in [-0.1, -0.05) is 6.92 Å². The molecule has 1 aliphatic heterocycles. The predicted octanol–water partition coefficient (Wildman–Crippen LogP) is 5.56.